The molecule has 0 atom stereocenters. The number of hydrogen-bond acceptors (Lipinski definition) is 4. The van der Waals surface area contributed by atoms with Crippen molar-refractivity contribution in [3.8, 4) is 5.69 Å². The first-order valence-electron chi connectivity index (χ1n) is 8.52. The zero-order valence-electron chi connectivity index (χ0n) is 14.6. The highest BCUT2D eigenvalue weighted by molar-refractivity contribution is 6.34. The number of aryl methyl sites for hydroxylation is 1. The van der Waals surface area contributed by atoms with Crippen LogP contribution in [0, 0.1) is 0 Å². The Morgan fingerprint density at radius 2 is 1.96 bits per heavy atom. The summed E-state index contributed by atoms with van der Waals surface area (Å²) < 4.78 is 1.59. The molecule has 0 spiro atoms. The standard InChI is InChI=1S/C20H16ClN5O/c1-2-13-5-7-14(8-6-13)23-20(27)16-10-9-15(12-17(16)21)26-19-18(24-25-26)4-3-11-22-19/h3-12H,2H2,1H3,(H,23,27). The van der Waals surface area contributed by atoms with Gasteiger partial charge in [0.05, 0.1) is 16.3 Å². The lowest BCUT2D eigenvalue weighted by molar-refractivity contribution is 0.102. The minimum atomic E-state index is -0.266. The summed E-state index contributed by atoms with van der Waals surface area (Å²) in [5.41, 5.74) is 4.32. The van der Waals surface area contributed by atoms with E-state index in [1.165, 1.54) is 5.56 Å². The summed E-state index contributed by atoms with van der Waals surface area (Å²) in [6.45, 7) is 2.09. The molecule has 0 saturated heterocycles. The van der Waals surface area contributed by atoms with Gasteiger partial charge in [0.2, 0.25) is 0 Å². The number of rotatable bonds is 4. The molecule has 0 unspecified atom stereocenters. The fourth-order valence-corrected chi connectivity index (χ4v) is 3.04. The van der Waals surface area contributed by atoms with Crippen LogP contribution in [0.3, 0.4) is 0 Å². The van der Waals surface area contributed by atoms with Crippen molar-refractivity contribution in [1.29, 1.82) is 0 Å². The number of benzene rings is 2. The molecule has 0 radical (unpaired) electrons. The molecule has 4 aromatic rings. The van der Waals surface area contributed by atoms with Crippen LogP contribution in [0.4, 0.5) is 5.69 Å². The molecule has 27 heavy (non-hydrogen) atoms. The van der Waals surface area contributed by atoms with Gasteiger partial charge in [-0.2, -0.15) is 4.68 Å². The van der Waals surface area contributed by atoms with Crippen molar-refractivity contribution in [1.82, 2.24) is 20.0 Å². The number of carbonyl (C=O) groups is 1. The maximum Gasteiger partial charge on any atom is 0.257 e. The highest BCUT2D eigenvalue weighted by Gasteiger charge is 2.14. The molecule has 2 aromatic carbocycles. The summed E-state index contributed by atoms with van der Waals surface area (Å²) in [4.78, 5) is 16.8. The minimum Gasteiger partial charge on any atom is -0.322 e. The molecule has 0 aliphatic carbocycles. The van der Waals surface area contributed by atoms with Gasteiger partial charge < -0.3 is 5.32 Å². The first-order chi connectivity index (χ1) is 13.2. The van der Waals surface area contributed by atoms with E-state index in [2.05, 4.69) is 27.5 Å². The van der Waals surface area contributed by atoms with E-state index >= 15 is 0 Å². The van der Waals surface area contributed by atoms with Gasteiger partial charge in [0, 0.05) is 11.9 Å². The quantitative estimate of drug-likeness (QED) is 0.576. The minimum absolute atomic E-state index is 0.266. The van der Waals surface area contributed by atoms with Crippen LogP contribution in [0.1, 0.15) is 22.8 Å². The first-order valence-corrected chi connectivity index (χ1v) is 8.90. The summed E-state index contributed by atoms with van der Waals surface area (Å²) in [5.74, 6) is -0.266. The molecule has 134 valence electrons. The molecule has 2 heterocycles. The lowest BCUT2D eigenvalue weighted by atomic mass is 10.1. The van der Waals surface area contributed by atoms with E-state index < -0.39 is 0 Å². The fraction of sp³-hybridized carbons (Fsp3) is 0.100. The molecule has 0 saturated carbocycles. The number of hydrogen-bond donors (Lipinski definition) is 1. The van der Waals surface area contributed by atoms with Crippen molar-refractivity contribution in [3.05, 3.63) is 76.9 Å². The zero-order chi connectivity index (χ0) is 18.8. The molecule has 0 aliphatic heterocycles. The molecule has 0 aliphatic rings. The van der Waals surface area contributed by atoms with Crippen LogP contribution in [-0.4, -0.2) is 25.9 Å². The molecule has 0 bridgehead atoms. The van der Waals surface area contributed by atoms with Crippen molar-refractivity contribution < 1.29 is 4.79 Å². The van der Waals surface area contributed by atoms with Crippen molar-refractivity contribution in [2.75, 3.05) is 5.32 Å². The van der Waals surface area contributed by atoms with Gasteiger partial charge in [0.1, 0.15) is 5.52 Å². The molecule has 1 amide bonds. The maximum absolute atomic E-state index is 12.6. The summed E-state index contributed by atoms with van der Waals surface area (Å²) in [6.07, 6.45) is 2.63. The van der Waals surface area contributed by atoms with Crippen LogP contribution in [0.15, 0.2) is 60.8 Å². The maximum atomic E-state index is 12.6. The number of halogens is 1. The van der Waals surface area contributed by atoms with Crippen LogP contribution in [0.2, 0.25) is 5.02 Å². The van der Waals surface area contributed by atoms with Gasteiger partial charge in [0.25, 0.3) is 5.91 Å². The van der Waals surface area contributed by atoms with Crippen molar-refractivity contribution >= 4 is 34.4 Å². The van der Waals surface area contributed by atoms with Crippen molar-refractivity contribution in [2.45, 2.75) is 13.3 Å². The summed E-state index contributed by atoms with van der Waals surface area (Å²) in [5, 5.41) is 11.4. The van der Waals surface area contributed by atoms with Gasteiger partial charge in [-0.25, -0.2) is 4.98 Å². The van der Waals surface area contributed by atoms with E-state index in [0.29, 0.717) is 27.4 Å². The Hall–Kier alpha value is -3.25. The van der Waals surface area contributed by atoms with Crippen LogP contribution < -0.4 is 5.32 Å². The Morgan fingerprint density at radius 1 is 1.15 bits per heavy atom. The second-order valence-electron chi connectivity index (χ2n) is 6.02. The van der Waals surface area contributed by atoms with Gasteiger partial charge in [0.15, 0.2) is 5.65 Å². The van der Waals surface area contributed by atoms with Gasteiger partial charge >= 0.3 is 0 Å². The van der Waals surface area contributed by atoms with E-state index in [1.54, 1.807) is 35.1 Å². The van der Waals surface area contributed by atoms with E-state index in [9.17, 15) is 4.79 Å². The molecule has 6 nitrogen and oxygen atoms in total. The highest BCUT2D eigenvalue weighted by atomic mass is 35.5. The van der Waals surface area contributed by atoms with Gasteiger partial charge in [-0.15, -0.1) is 5.10 Å². The van der Waals surface area contributed by atoms with Crippen LogP contribution in [0.5, 0.6) is 0 Å². The molecule has 7 heteroatoms. The molecule has 4 rings (SSSR count). The number of nitrogens with zero attached hydrogens (tertiary/aromatic N) is 4. The average molecular weight is 378 g/mol. The second-order valence-corrected chi connectivity index (χ2v) is 6.42. The van der Waals surface area contributed by atoms with E-state index in [1.807, 2.05) is 30.3 Å². The smallest absolute Gasteiger partial charge is 0.257 e. The Labute approximate surface area is 160 Å². The number of pyridine rings is 1. The third-order valence-electron chi connectivity index (χ3n) is 4.27. The number of nitrogens with one attached hydrogen (secondary N) is 1. The Balaban J connectivity index is 1.60. The van der Waals surface area contributed by atoms with E-state index in [0.717, 1.165) is 12.1 Å². The molecule has 1 N–H and O–H groups in total. The lowest BCUT2D eigenvalue weighted by Crippen LogP contribution is -2.13. The summed E-state index contributed by atoms with van der Waals surface area (Å²) in [7, 11) is 0. The largest absolute Gasteiger partial charge is 0.322 e. The van der Waals surface area contributed by atoms with Crippen LogP contribution in [-0.2, 0) is 6.42 Å². The lowest BCUT2D eigenvalue weighted by Gasteiger charge is -2.09. The van der Waals surface area contributed by atoms with E-state index in [4.69, 9.17) is 11.6 Å². The Morgan fingerprint density at radius 3 is 2.70 bits per heavy atom. The molecule has 2 aromatic heterocycles. The predicted molar refractivity (Wildman–Crippen MR) is 105 cm³/mol. The van der Waals surface area contributed by atoms with Gasteiger partial charge in [-0.05, 0) is 54.4 Å². The van der Waals surface area contributed by atoms with Crippen molar-refractivity contribution in [3.63, 3.8) is 0 Å². The number of carbonyl (C=O) groups excluding carboxylic acids is 1. The first kappa shape index (κ1) is 17.2. The predicted octanol–water partition coefficient (Wildman–Crippen LogP) is 4.28. The number of aromatic nitrogens is 4. The van der Waals surface area contributed by atoms with Gasteiger partial charge in [-0.1, -0.05) is 35.9 Å². The third kappa shape index (κ3) is 3.39. The SMILES string of the molecule is CCc1ccc(NC(=O)c2ccc(-n3nnc4cccnc43)cc2Cl)cc1. The van der Waals surface area contributed by atoms with Crippen molar-refractivity contribution in [2.24, 2.45) is 0 Å². The third-order valence-corrected chi connectivity index (χ3v) is 4.58. The average Bonchev–Trinajstić information content (AvgIpc) is 3.12. The molecular weight excluding hydrogens is 362 g/mol. The number of anilines is 1. The van der Waals surface area contributed by atoms with Crippen LogP contribution in [0.25, 0.3) is 16.9 Å². The Kier molecular flexibility index (Phi) is 4.56. The summed E-state index contributed by atoms with van der Waals surface area (Å²) >= 11 is 6.36. The number of amides is 1. The molecule has 0 fully saturated rings. The highest BCUT2D eigenvalue weighted by Crippen LogP contribution is 2.23. The number of fused-ring (bicyclic) bond motifs is 1. The van der Waals surface area contributed by atoms with Crippen LogP contribution >= 0.6 is 11.6 Å². The topological polar surface area (TPSA) is 72.7 Å². The zero-order valence-corrected chi connectivity index (χ0v) is 15.3. The normalized spacial score (nSPS) is 10.9. The Bertz CT molecular complexity index is 1120. The molecular formula is C20H16ClN5O. The fourth-order valence-electron chi connectivity index (χ4n) is 2.78. The second kappa shape index (κ2) is 7.17. The summed E-state index contributed by atoms with van der Waals surface area (Å²) in [6, 6.07) is 16.5. The van der Waals surface area contributed by atoms with Gasteiger partial charge in [-0.3, -0.25) is 4.79 Å². The van der Waals surface area contributed by atoms with E-state index in [-0.39, 0.29) is 5.91 Å². The monoisotopic (exact) mass is 377 g/mol.